The first-order valence-corrected chi connectivity index (χ1v) is 11.0. The molecule has 7 nitrogen and oxygen atoms in total. The first kappa shape index (κ1) is 20.3. The van der Waals surface area contributed by atoms with E-state index in [0.29, 0.717) is 17.0 Å². The average Bonchev–Trinajstić information content (AvgIpc) is 3.12. The van der Waals surface area contributed by atoms with Crippen LogP contribution < -0.4 is 10.1 Å². The molecule has 2 aromatic rings. The van der Waals surface area contributed by atoms with Crippen LogP contribution >= 0.6 is 0 Å². The minimum atomic E-state index is -3.60. The molecule has 1 aliphatic rings. The van der Waals surface area contributed by atoms with Gasteiger partial charge in [0.1, 0.15) is 5.69 Å². The van der Waals surface area contributed by atoms with Gasteiger partial charge >= 0.3 is 0 Å². The molecule has 0 radical (unpaired) electrons. The number of carbonyl (C=O) groups is 1. The third-order valence-electron chi connectivity index (χ3n) is 4.91. The Labute approximate surface area is 165 Å². The molecule has 1 aliphatic carbocycles. The fourth-order valence-corrected chi connectivity index (χ4v) is 4.65. The van der Waals surface area contributed by atoms with Crippen molar-refractivity contribution in [2.75, 3.05) is 0 Å². The number of sulfonamides is 1. The number of H-pyrrole nitrogens is 1. The normalized spacial score (nSPS) is 16.5. The van der Waals surface area contributed by atoms with Gasteiger partial charge in [-0.05, 0) is 49.6 Å². The largest absolute Gasteiger partial charge is 0.357 e. The van der Waals surface area contributed by atoms with Gasteiger partial charge in [-0.25, -0.2) is 18.6 Å². The second kappa shape index (κ2) is 9.16. The van der Waals surface area contributed by atoms with Gasteiger partial charge in [-0.2, -0.15) is 5.10 Å². The quantitative estimate of drug-likeness (QED) is 0.393. The van der Waals surface area contributed by atoms with E-state index in [1.165, 1.54) is 0 Å². The van der Waals surface area contributed by atoms with Crippen LogP contribution in [0.5, 0.6) is 0 Å². The number of carbonyl (C=O) groups excluding carboxylic acids is 1. The summed E-state index contributed by atoms with van der Waals surface area (Å²) in [5.74, 6) is -0.358. The molecule has 1 amide bonds. The summed E-state index contributed by atoms with van der Waals surface area (Å²) in [4.78, 5) is 15.0. The van der Waals surface area contributed by atoms with Gasteiger partial charge in [0.15, 0.2) is 0 Å². The second-order valence-electron chi connectivity index (χ2n) is 7.06. The summed E-state index contributed by atoms with van der Waals surface area (Å²) in [5, 5.41) is 4.08. The van der Waals surface area contributed by atoms with Gasteiger partial charge in [0, 0.05) is 12.2 Å². The molecule has 8 heteroatoms. The molecule has 1 saturated carbocycles. The monoisotopic (exact) mass is 402 g/mol. The highest BCUT2D eigenvalue weighted by Crippen LogP contribution is 2.20. The van der Waals surface area contributed by atoms with Crippen LogP contribution in [-0.2, 0) is 10.0 Å². The number of benzene rings is 1. The lowest BCUT2D eigenvalue weighted by Crippen LogP contribution is -2.34. The summed E-state index contributed by atoms with van der Waals surface area (Å²) < 4.78 is 28.4. The smallest absolute Gasteiger partial charge is 0.287 e. The van der Waals surface area contributed by atoms with Crippen LogP contribution in [0, 0.1) is 0 Å². The molecule has 1 fully saturated rings. The molecule has 0 atom stereocenters. The van der Waals surface area contributed by atoms with Crippen LogP contribution in [0.2, 0.25) is 0 Å². The molecule has 0 saturated heterocycles. The molecular formula is C20H26N4O3S. The molecule has 1 aromatic carbocycles. The third-order valence-corrected chi connectivity index (χ3v) is 6.43. The van der Waals surface area contributed by atoms with Crippen molar-refractivity contribution in [3.05, 3.63) is 53.9 Å². The average molecular weight is 403 g/mol. The van der Waals surface area contributed by atoms with E-state index >= 15 is 0 Å². The zero-order valence-corrected chi connectivity index (χ0v) is 16.8. The van der Waals surface area contributed by atoms with Crippen molar-refractivity contribution < 1.29 is 13.2 Å². The standard InChI is InChI=1S/C20H26N4O3S/c1-15(22-23-20(25)19-12-7-13-21-19)16-8-6-11-18(14-16)28(26,27)24-17-9-4-2-3-5-10-17/h6-8,11-14,17,21,24H,2-5,9-10H2,1H3,(H,23,25)/b22-15-. The van der Waals surface area contributed by atoms with E-state index in [1.54, 1.807) is 49.5 Å². The Morgan fingerprint density at radius 1 is 1.11 bits per heavy atom. The van der Waals surface area contributed by atoms with Gasteiger partial charge in [0.25, 0.3) is 5.91 Å². The third kappa shape index (κ3) is 5.30. The Hall–Kier alpha value is -2.45. The molecule has 0 bridgehead atoms. The summed E-state index contributed by atoms with van der Waals surface area (Å²) in [6.07, 6.45) is 7.85. The Balaban J connectivity index is 1.71. The first-order chi connectivity index (χ1) is 13.5. The van der Waals surface area contributed by atoms with E-state index < -0.39 is 10.0 Å². The summed E-state index contributed by atoms with van der Waals surface area (Å²) in [7, 11) is -3.60. The molecule has 1 aromatic heterocycles. The predicted octanol–water partition coefficient (Wildman–Crippen LogP) is 3.17. The van der Waals surface area contributed by atoms with Crippen LogP contribution in [0.1, 0.15) is 61.5 Å². The van der Waals surface area contributed by atoms with Crippen LogP contribution in [0.3, 0.4) is 0 Å². The number of hydrogen-bond acceptors (Lipinski definition) is 4. The molecule has 150 valence electrons. The second-order valence-corrected chi connectivity index (χ2v) is 8.77. The summed E-state index contributed by atoms with van der Waals surface area (Å²) in [6.45, 7) is 1.72. The molecule has 0 unspecified atom stereocenters. The van der Waals surface area contributed by atoms with E-state index in [2.05, 4.69) is 20.2 Å². The van der Waals surface area contributed by atoms with Crippen molar-refractivity contribution >= 4 is 21.6 Å². The fourth-order valence-electron chi connectivity index (χ4n) is 3.30. The number of nitrogens with zero attached hydrogens (tertiary/aromatic N) is 1. The molecule has 3 rings (SSSR count). The van der Waals surface area contributed by atoms with Crippen LogP contribution in [-0.4, -0.2) is 31.1 Å². The van der Waals surface area contributed by atoms with E-state index in [4.69, 9.17) is 0 Å². The maximum atomic E-state index is 12.8. The number of hydrogen-bond donors (Lipinski definition) is 3. The van der Waals surface area contributed by atoms with Crippen LogP contribution in [0.25, 0.3) is 0 Å². The van der Waals surface area contributed by atoms with Crippen molar-refractivity contribution in [1.29, 1.82) is 0 Å². The van der Waals surface area contributed by atoms with Crippen molar-refractivity contribution in [3.63, 3.8) is 0 Å². The zero-order chi connectivity index (χ0) is 20.0. The lowest BCUT2D eigenvalue weighted by atomic mass is 10.1. The number of aromatic amines is 1. The van der Waals surface area contributed by atoms with Gasteiger partial charge in [-0.15, -0.1) is 0 Å². The molecule has 0 aliphatic heterocycles. The highest BCUT2D eigenvalue weighted by atomic mass is 32.2. The molecular weight excluding hydrogens is 376 g/mol. The molecule has 1 heterocycles. The summed E-state index contributed by atoms with van der Waals surface area (Å²) in [5.41, 5.74) is 4.02. The topological polar surface area (TPSA) is 103 Å². The van der Waals surface area contributed by atoms with Gasteiger partial charge in [-0.1, -0.05) is 37.8 Å². The first-order valence-electron chi connectivity index (χ1n) is 9.56. The Morgan fingerprint density at radius 2 is 1.86 bits per heavy atom. The van der Waals surface area contributed by atoms with Crippen molar-refractivity contribution in [3.8, 4) is 0 Å². The van der Waals surface area contributed by atoms with Crippen molar-refractivity contribution in [2.24, 2.45) is 5.10 Å². The molecule has 0 spiro atoms. The maximum Gasteiger partial charge on any atom is 0.287 e. The molecule has 28 heavy (non-hydrogen) atoms. The Morgan fingerprint density at radius 3 is 2.54 bits per heavy atom. The molecule has 3 N–H and O–H groups in total. The predicted molar refractivity (Wildman–Crippen MR) is 109 cm³/mol. The van der Waals surface area contributed by atoms with E-state index in [-0.39, 0.29) is 16.8 Å². The Kier molecular flexibility index (Phi) is 6.64. The van der Waals surface area contributed by atoms with E-state index in [1.807, 2.05) is 0 Å². The SMILES string of the molecule is C/C(=N/NC(=O)c1ccc[nH]1)c1cccc(S(=O)(=O)NC2CCCCCC2)c1. The number of amides is 1. The number of hydrazone groups is 1. The number of rotatable bonds is 6. The van der Waals surface area contributed by atoms with Gasteiger partial charge in [-0.3, -0.25) is 4.79 Å². The van der Waals surface area contributed by atoms with Gasteiger partial charge in [0.2, 0.25) is 10.0 Å². The van der Waals surface area contributed by atoms with E-state index in [9.17, 15) is 13.2 Å². The minimum Gasteiger partial charge on any atom is -0.357 e. The minimum absolute atomic E-state index is 0.00833. The summed E-state index contributed by atoms with van der Waals surface area (Å²) in [6, 6.07) is 9.97. The lowest BCUT2D eigenvalue weighted by Gasteiger charge is -2.16. The fraction of sp³-hybridized carbons (Fsp3) is 0.400. The lowest BCUT2D eigenvalue weighted by molar-refractivity contribution is 0.0950. The van der Waals surface area contributed by atoms with Crippen LogP contribution in [0.15, 0.2) is 52.6 Å². The zero-order valence-electron chi connectivity index (χ0n) is 15.9. The number of nitrogens with one attached hydrogen (secondary N) is 3. The number of aromatic nitrogens is 1. The van der Waals surface area contributed by atoms with E-state index in [0.717, 1.165) is 38.5 Å². The van der Waals surface area contributed by atoms with Crippen LogP contribution in [0.4, 0.5) is 0 Å². The van der Waals surface area contributed by atoms with Crippen molar-refractivity contribution in [2.45, 2.75) is 56.4 Å². The van der Waals surface area contributed by atoms with Gasteiger partial charge in [0.05, 0.1) is 10.6 Å². The van der Waals surface area contributed by atoms with Crippen molar-refractivity contribution in [1.82, 2.24) is 15.1 Å². The maximum absolute atomic E-state index is 12.8. The highest BCUT2D eigenvalue weighted by Gasteiger charge is 2.21. The summed E-state index contributed by atoms with van der Waals surface area (Å²) >= 11 is 0. The highest BCUT2D eigenvalue weighted by molar-refractivity contribution is 7.89. The van der Waals surface area contributed by atoms with Gasteiger partial charge < -0.3 is 4.98 Å². The Bertz CT molecular complexity index is 928.